The summed E-state index contributed by atoms with van der Waals surface area (Å²) in [5, 5.41) is 17.8. The van der Waals surface area contributed by atoms with Crippen molar-refractivity contribution < 1.29 is 0 Å². The molecule has 0 fully saturated rings. The van der Waals surface area contributed by atoms with Crippen LogP contribution in [0.5, 0.6) is 0 Å². The lowest BCUT2D eigenvalue weighted by molar-refractivity contribution is 0.591. The van der Waals surface area contributed by atoms with Crippen molar-refractivity contribution in [1.29, 1.82) is 0 Å². The zero-order valence-electron chi connectivity index (χ0n) is 38.5. The maximum Gasteiger partial charge on any atom is 0.146 e. The van der Waals surface area contributed by atoms with Crippen LogP contribution in [-0.2, 0) is 10.8 Å². The summed E-state index contributed by atoms with van der Waals surface area (Å²) in [6.07, 6.45) is 2.19. The highest BCUT2D eigenvalue weighted by atomic mass is 15.0. The Bertz CT molecular complexity index is 4620. The number of hydrogen-bond acceptors (Lipinski definition) is 1. The van der Waals surface area contributed by atoms with E-state index in [9.17, 15) is 0 Å². The van der Waals surface area contributed by atoms with Crippen molar-refractivity contribution in [2.45, 2.75) is 52.4 Å². The van der Waals surface area contributed by atoms with Gasteiger partial charge in [0.05, 0.1) is 44.8 Å². The average molecular weight is 859 g/mol. The highest BCUT2D eigenvalue weighted by molar-refractivity contribution is 6.41. The number of rotatable bonds is 2. The Morgan fingerprint density at radius 3 is 1.75 bits per heavy atom. The van der Waals surface area contributed by atoms with Crippen LogP contribution in [0.25, 0.3) is 136 Å². The fourth-order valence-electron chi connectivity index (χ4n) is 12.2. The SMILES string of the molecule is CC(C)(C)c1ccc2c(c1)c1c3ccccc3cc3c4c5c6c7ccccc7cc7c8cc(C(C)(C)C)cc(-c9ccc%10c(c9)c9ccccc9n%10-c9ccccc9)c8n(c5cnc4n2c31)c76. The van der Waals surface area contributed by atoms with Crippen molar-refractivity contribution in [3.05, 3.63) is 181 Å². The van der Waals surface area contributed by atoms with Gasteiger partial charge in [-0.15, -0.1) is 0 Å². The Morgan fingerprint density at radius 2 is 0.985 bits per heavy atom. The Kier molecular flexibility index (Phi) is 6.94. The minimum atomic E-state index is -0.0831. The molecular formula is C63H46N4. The molecule has 6 heterocycles. The van der Waals surface area contributed by atoms with Crippen molar-refractivity contribution in [1.82, 2.24) is 18.4 Å². The second kappa shape index (κ2) is 12.5. The van der Waals surface area contributed by atoms with Crippen LogP contribution >= 0.6 is 0 Å². The van der Waals surface area contributed by atoms with Gasteiger partial charge in [-0.25, -0.2) is 4.98 Å². The summed E-state index contributed by atoms with van der Waals surface area (Å²) >= 11 is 0. The summed E-state index contributed by atoms with van der Waals surface area (Å²) in [5.74, 6) is 0. The largest absolute Gasteiger partial charge is 0.309 e. The first-order chi connectivity index (χ1) is 32.5. The lowest BCUT2D eigenvalue weighted by atomic mass is 9.84. The zero-order valence-corrected chi connectivity index (χ0v) is 38.5. The van der Waals surface area contributed by atoms with Gasteiger partial charge in [-0.1, -0.05) is 139 Å². The second-order valence-electron chi connectivity index (χ2n) is 21.2. The van der Waals surface area contributed by atoms with Crippen molar-refractivity contribution in [3.63, 3.8) is 0 Å². The monoisotopic (exact) mass is 858 g/mol. The second-order valence-corrected chi connectivity index (χ2v) is 21.2. The van der Waals surface area contributed by atoms with E-state index >= 15 is 0 Å². The fourth-order valence-corrected chi connectivity index (χ4v) is 12.2. The highest BCUT2D eigenvalue weighted by Gasteiger charge is 2.30. The fraction of sp³-hybridized carbons (Fsp3) is 0.127. The summed E-state index contributed by atoms with van der Waals surface area (Å²) < 4.78 is 7.48. The summed E-state index contributed by atoms with van der Waals surface area (Å²) in [5.41, 5.74) is 15.7. The molecule has 0 aliphatic heterocycles. The van der Waals surface area contributed by atoms with Gasteiger partial charge in [-0.2, -0.15) is 0 Å². The molecule has 6 aromatic heterocycles. The van der Waals surface area contributed by atoms with E-state index in [0.29, 0.717) is 0 Å². The zero-order chi connectivity index (χ0) is 44.8. The van der Waals surface area contributed by atoms with Crippen LogP contribution in [0, 0.1) is 0 Å². The quantitative estimate of drug-likeness (QED) is 0.170. The molecule has 0 unspecified atom stereocenters. The topological polar surface area (TPSA) is 26.6 Å². The summed E-state index contributed by atoms with van der Waals surface area (Å²) in [6, 6.07) is 61.8. The molecule has 9 aromatic carbocycles. The number of nitrogens with zero attached hydrogens (tertiary/aromatic N) is 4. The molecule has 4 nitrogen and oxygen atoms in total. The maximum absolute atomic E-state index is 5.60. The maximum atomic E-state index is 5.60. The lowest BCUT2D eigenvalue weighted by Crippen LogP contribution is -2.11. The van der Waals surface area contributed by atoms with Gasteiger partial charge in [0.25, 0.3) is 0 Å². The molecule has 0 N–H and O–H groups in total. The molecule has 0 aliphatic rings. The van der Waals surface area contributed by atoms with Crippen molar-refractivity contribution in [3.8, 4) is 16.8 Å². The minimum Gasteiger partial charge on any atom is -0.309 e. The molecular weight excluding hydrogens is 813 g/mol. The van der Waals surface area contributed by atoms with E-state index in [0.717, 1.165) is 11.2 Å². The molecule has 15 aromatic rings. The molecule has 67 heavy (non-hydrogen) atoms. The first-order valence-corrected chi connectivity index (χ1v) is 23.7. The van der Waals surface area contributed by atoms with Crippen LogP contribution in [0.2, 0.25) is 0 Å². The van der Waals surface area contributed by atoms with E-state index in [4.69, 9.17) is 4.98 Å². The van der Waals surface area contributed by atoms with Gasteiger partial charge in [0, 0.05) is 65.1 Å². The number of fused-ring (bicyclic) bond motifs is 20. The van der Waals surface area contributed by atoms with Gasteiger partial charge in [0.1, 0.15) is 5.65 Å². The van der Waals surface area contributed by atoms with Gasteiger partial charge in [0.15, 0.2) is 0 Å². The molecule has 4 heteroatoms. The Labute approximate surface area is 386 Å². The summed E-state index contributed by atoms with van der Waals surface area (Å²) in [7, 11) is 0. The van der Waals surface area contributed by atoms with Gasteiger partial charge >= 0.3 is 0 Å². The molecule has 15 rings (SSSR count). The number of hydrogen-bond donors (Lipinski definition) is 0. The number of para-hydroxylation sites is 2. The minimum absolute atomic E-state index is 0.0202. The molecule has 0 radical (unpaired) electrons. The molecule has 318 valence electrons. The summed E-state index contributed by atoms with van der Waals surface area (Å²) in [6.45, 7) is 14.0. The highest BCUT2D eigenvalue weighted by Crippen LogP contribution is 2.52. The molecule has 0 aliphatic carbocycles. The smallest absolute Gasteiger partial charge is 0.146 e. The van der Waals surface area contributed by atoms with E-state index in [1.165, 1.54) is 136 Å². The van der Waals surface area contributed by atoms with Crippen LogP contribution < -0.4 is 0 Å². The molecule has 0 saturated carbocycles. The Morgan fingerprint density at radius 1 is 0.373 bits per heavy atom. The predicted octanol–water partition coefficient (Wildman–Crippen LogP) is 17.0. The summed E-state index contributed by atoms with van der Waals surface area (Å²) in [4.78, 5) is 5.60. The van der Waals surface area contributed by atoms with Gasteiger partial charge in [0.2, 0.25) is 0 Å². The molecule has 0 spiro atoms. The van der Waals surface area contributed by atoms with Crippen LogP contribution in [-0.4, -0.2) is 18.4 Å². The number of pyridine rings is 1. The van der Waals surface area contributed by atoms with Crippen molar-refractivity contribution >= 4 is 120 Å². The van der Waals surface area contributed by atoms with Crippen LogP contribution in [0.1, 0.15) is 52.7 Å². The Hall–Kier alpha value is -7.95. The molecule has 0 saturated heterocycles. The van der Waals surface area contributed by atoms with E-state index < -0.39 is 0 Å². The first kappa shape index (κ1) is 37.3. The van der Waals surface area contributed by atoms with Crippen LogP contribution in [0.4, 0.5) is 0 Å². The van der Waals surface area contributed by atoms with Crippen LogP contribution in [0.3, 0.4) is 0 Å². The third-order valence-electron chi connectivity index (χ3n) is 15.4. The van der Waals surface area contributed by atoms with Crippen molar-refractivity contribution in [2.75, 3.05) is 0 Å². The first-order valence-electron chi connectivity index (χ1n) is 23.7. The standard InChI is InChI=1S/C63H46N4/c1-62(2,3)38-25-27-52-48(31-38)54-41-20-12-10-17-36(41)30-49-56-57-53(34-64-61(56)67(52)60(49)54)66-58-44(32-39(63(4,5)6)33-47(58)46-29-35-16-11-13-21-42(35)55(57)59(46)66)37-24-26-51-45(28-37)43-22-14-15-23-50(43)65(51)40-18-8-7-9-19-40/h7-34H,1-6H3. The normalized spacial score (nSPS) is 13.2. The average Bonchev–Trinajstić information content (AvgIpc) is 4.13. The molecule has 0 atom stereocenters. The van der Waals surface area contributed by atoms with E-state index in [-0.39, 0.29) is 10.8 Å². The van der Waals surface area contributed by atoms with E-state index in [1.807, 2.05) is 0 Å². The van der Waals surface area contributed by atoms with Crippen molar-refractivity contribution in [2.24, 2.45) is 0 Å². The van der Waals surface area contributed by atoms with E-state index in [2.05, 4.69) is 225 Å². The van der Waals surface area contributed by atoms with E-state index in [1.54, 1.807) is 0 Å². The Balaban J connectivity index is 1.14. The third kappa shape index (κ3) is 4.74. The van der Waals surface area contributed by atoms with Gasteiger partial charge < -0.3 is 8.97 Å². The van der Waals surface area contributed by atoms with Crippen LogP contribution in [0.15, 0.2) is 170 Å². The third-order valence-corrected chi connectivity index (χ3v) is 15.4. The molecule has 0 bridgehead atoms. The van der Waals surface area contributed by atoms with Gasteiger partial charge in [-0.05, 0) is 116 Å². The molecule has 0 amide bonds. The number of aromatic nitrogens is 4. The lowest BCUT2D eigenvalue weighted by Gasteiger charge is -2.21. The predicted molar refractivity (Wildman–Crippen MR) is 286 cm³/mol. The number of benzene rings is 9. The van der Waals surface area contributed by atoms with Gasteiger partial charge in [-0.3, -0.25) is 4.40 Å².